The molecule has 1 saturated heterocycles. The summed E-state index contributed by atoms with van der Waals surface area (Å²) in [7, 11) is -3.62. The third-order valence-corrected chi connectivity index (χ3v) is 7.15. The molecule has 0 saturated carbocycles. The smallest absolute Gasteiger partial charge is 0.229 e. The zero-order chi connectivity index (χ0) is 27.7. The van der Waals surface area contributed by atoms with Crippen LogP contribution in [0, 0.1) is 17.7 Å². The van der Waals surface area contributed by atoms with Crippen LogP contribution in [0.4, 0.5) is 21.6 Å². The molecule has 9 nitrogen and oxygen atoms in total. The van der Waals surface area contributed by atoms with Crippen molar-refractivity contribution in [3.05, 3.63) is 53.1 Å². The van der Waals surface area contributed by atoms with E-state index in [1.54, 1.807) is 19.1 Å². The Kier molecular flexibility index (Phi) is 7.78. The van der Waals surface area contributed by atoms with Gasteiger partial charge in [0.15, 0.2) is 0 Å². The number of carbonyl (C=O) groups is 1. The molecule has 1 aromatic heterocycles. The lowest BCUT2D eigenvalue weighted by molar-refractivity contribution is -0.131. The Morgan fingerprint density at radius 2 is 1.84 bits per heavy atom. The molecule has 0 bridgehead atoms. The molecule has 0 radical (unpaired) electrons. The molecule has 12 heteroatoms. The van der Waals surface area contributed by atoms with Crippen LogP contribution in [0.25, 0.3) is 10.9 Å². The summed E-state index contributed by atoms with van der Waals surface area (Å²) in [6.45, 7) is 8.17. The number of piperazine rings is 1. The molecule has 1 aliphatic heterocycles. The second kappa shape index (κ2) is 10.7. The molecule has 2 aromatic carbocycles. The van der Waals surface area contributed by atoms with Crippen LogP contribution in [0.1, 0.15) is 26.3 Å². The summed E-state index contributed by atoms with van der Waals surface area (Å²) in [5.74, 6) is 6.31. The lowest BCUT2D eigenvalue weighted by atomic mass is 10.0. The highest BCUT2D eigenvalue weighted by atomic mass is 35.5. The summed E-state index contributed by atoms with van der Waals surface area (Å²) < 4.78 is 40.5. The van der Waals surface area contributed by atoms with Crippen molar-refractivity contribution in [1.29, 1.82) is 0 Å². The first kappa shape index (κ1) is 27.6. The molecule has 200 valence electrons. The molecular weight excluding hydrogens is 531 g/mol. The van der Waals surface area contributed by atoms with Crippen LogP contribution in [0.15, 0.2) is 36.7 Å². The molecular formula is C26H28ClFN6O3S. The largest absolute Gasteiger partial charge is 0.340 e. The van der Waals surface area contributed by atoms with Crippen molar-refractivity contribution in [3.8, 4) is 11.8 Å². The standard InChI is InChI=1S/C26H28ClFN6O3S/c1-17(35)33-9-11-34(12-10-33)26(2,3)8-7-18-13-24-20(15-23(18)32-38(4,36)37)25(30-16-29-24)31-19-5-6-22(28)21(27)14-19/h5-6,13-16,32H,9-12H2,1-4H3,(H,29,30,31). The van der Waals surface area contributed by atoms with E-state index in [1.165, 1.54) is 24.5 Å². The van der Waals surface area contributed by atoms with Crippen LogP contribution in [0.2, 0.25) is 5.02 Å². The fourth-order valence-corrected chi connectivity index (χ4v) is 4.93. The Hall–Kier alpha value is -3.46. The van der Waals surface area contributed by atoms with Crippen LogP contribution >= 0.6 is 11.6 Å². The van der Waals surface area contributed by atoms with Gasteiger partial charge in [-0.3, -0.25) is 14.4 Å². The molecule has 1 amide bonds. The Morgan fingerprint density at radius 1 is 1.13 bits per heavy atom. The first-order valence-electron chi connectivity index (χ1n) is 11.8. The van der Waals surface area contributed by atoms with E-state index in [2.05, 4.69) is 36.7 Å². The van der Waals surface area contributed by atoms with Crippen molar-refractivity contribution >= 4 is 55.6 Å². The molecule has 2 N–H and O–H groups in total. The molecule has 1 fully saturated rings. The molecule has 4 rings (SSSR count). The first-order valence-corrected chi connectivity index (χ1v) is 14.1. The second-order valence-corrected chi connectivity index (χ2v) is 11.7. The van der Waals surface area contributed by atoms with Gasteiger partial charge >= 0.3 is 0 Å². The first-order chi connectivity index (χ1) is 17.8. The summed E-state index contributed by atoms with van der Waals surface area (Å²) in [4.78, 5) is 24.3. The fourth-order valence-electron chi connectivity index (χ4n) is 4.18. The van der Waals surface area contributed by atoms with Crippen molar-refractivity contribution < 1.29 is 17.6 Å². The monoisotopic (exact) mass is 558 g/mol. The number of hydrogen-bond donors (Lipinski definition) is 2. The van der Waals surface area contributed by atoms with E-state index in [-0.39, 0.29) is 16.6 Å². The summed E-state index contributed by atoms with van der Waals surface area (Å²) in [6.07, 6.45) is 2.43. The van der Waals surface area contributed by atoms with Crippen LogP contribution in [-0.4, -0.2) is 72.1 Å². The number of hydrogen-bond acceptors (Lipinski definition) is 7. The number of nitrogens with one attached hydrogen (secondary N) is 2. The number of sulfonamides is 1. The molecule has 1 aliphatic rings. The van der Waals surface area contributed by atoms with Crippen molar-refractivity contribution in [2.24, 2.45) is 0 Å². The minimum atomic E-state index is -3.62. The van der Waals surface area contributed by atoms with E-state index >= 15 is 0 Å². The zero-order valence-electron chi connectivity index (χ0n) is 21.5. The molecule has 0 atom stereocenters. The van der Waals surface area contributed by atoms with Gasteiger partial charge in [-0.05, 0) is 44.2 Å². The Balaban J connectivity index is 1.71. The van der Waals surface area contributed by atoms with Gasteiger partial charge in [0.2, 0.25) is 15.9 Å². The number of aromatic nitrogens is 2. The van der Waals surface area contributed by atoms with Crippen molar-refractivity contribution in [2.75, 3.05) is 42.5 Å². The van der Waals surface area contributed by atoms with Gasteiger partial charge in [0.1, 0.15) is 18.0 Å². The maximum absolute atomic E-state index is 13.6. The van der Waals surface area contributed by atoms with Crippen molar-refractivity contribution in [1.82, 2.24) is 19.8 Å². The summed E-state index contributed by atoms with van der Waals surface area (Å²) in [5.41, 5.74) is 1.24. The predicted molar refractivity (Wildman–Crippen MR) is 147 cm³/mol. The van der Waals surface area contributed by atoms with E-state index in [1.807, 2.05) is 18.7 Å². The van der Waals surface area contributed by atoms with Crippen LogP contribution in [-0.2, 0) is 14.8 Å². The number of amides is 1. The maximum atomic E-state index is 13.6. The fraction of sp³-hybridized carbons (Fsp3) is 0.346. The highest BCUT2D eigenvalue weighted by Crippen LogP contribution is 2.30. The predicted octanol–water partition coefficient (Wildman–Crippen LogP) is 3.83. The van der Waals surface area contributed by atoms with Crippen molar-refractivity contribution in [2.45, 2.75) is 26.3 Å². The molecule has 0 unspecified atom stereocenters. The molecule has 38 heavy (non-hydrogen) atoms. The van der Waals surface area contributed by atoms with Crippen LogP contribution in [0.5, 0.6) is 0 Å². The highest BCUT2D eigenvalue weighted by Gasteiger charge is 2.29. The average molecular weight is 559 g/mol. The number of rotatable bonds is 5. The normalized spacial score (nSPS) is 14.6. The SMILES string of the molecule is CC(=O)N1CCN(C(C)(C)C#Cc2cc3ncnc(Nc4ccc(F)c(Cl)c4)c3cc2NS(C)(=O)=O)CC1. The van der Waals surface area contributed by atoms with E-state index in [9.17, 15) is 17.6 Å². The van der Waals surface area contributed by atoms with Gasteiger partial charge in [-0.2, -0.15) is 0 Å². The number of halogens is 2. The van der Waals surface area contributed by atoms with Gasteiger partial charge in [0.05, 0.1) is 33.6 Å². The van der Waals surface area contributed by atoms with E-state index in [0.29, 0.717) is 54.2 Å². The van der Waals surface area contributed by atoms with E-state index in [4.69, 9.17) is 11.6 Å². The van der Waals surface area contributed by atoms with Gasteiger partial charge in [0.25, 0.3) is 0 Å². The quantitative estimate of drug-likeness (QED) is 0.458. The van der Waals surface area contributed by atoms with Gasteiger partial charge in [0, 0.05) is 44.2 Å². The Labute approximate surface area is 226 Å². The summed E-state index contributed by atoms with van der Waals surface area (Å²) in [5, 5.41) is 3.57. The molecule has 0 aliphatic carbocycles. The highest BCUT2D eigenvalue weighted by molar-refractivity contribution is 7.92. The minimum Gasteiger partial charge on any atom is -0.340 e. The lowest BCUT2D eigenvalue weighted by Gasteiger charge is -2.41. The Morgan fingerprint density at radius 3 is 2.47 bits per heavy atom. The number of nitrogens with zero attached hydrogens (tertiary/aromatic N) is 4. The van der Waals surface area contributed by atoms with E-state index < -0.39 is 21.4 Å². The third-order valence-electron chi connectivity index (χ3n) is 6.27. The molecule has 0 spiro atoms. The number of fused-ring (bicyclic) bond motifs is 1. The van der Waals surface area contributed by atoms with Gasteiger partial charge in [-0.25, -0.2) is 22.8 Å². The second-order valence-electron chi connectivity index (χ2n) is 9.57. The van der Waals surface area contributed by atoms with Crippen LogP contribution in [0.3, 0.4) is 0 Å². The van der Waals surface area contributed by atoms with Crippen LogP contribution < -0.4 is 10.0 Å². The van der Waals surface area contributed by atoms with E-state index in [0.717, 1.165) is 6.26 Å². The number of anilines is 3. The topological polar surface area (TPSA) is 108 Å². The van der Waals surface area contributed by atoms with Crippen molar-refractivity contribution in [3.63, 3.8) is 0 Å². The maximum Gasteiger partial charge on any atom is 0.229 e. The minimum absolute atomic E-state index is 0.0457. The summed E-state index contributed by atoms with van der Waals surface area (Å²) in [6, 6.07) is 7.50. The summed E-state index contributed by atoms with van der Waals surface area (Å²) >= 11 is 5.91. The lowest BCUT2D eigenvalue weighted by Crippen LogP contribution is -2.55. The zero-order valence-corrected chi connectivity index (χ0v) is 23.0. The number of benzene rings is 2. The molecule has 2 heterocycles. The molecule has 3 aromatic rings. The number of carbonyl (C=O) groups excluding carboxylic acids is 1. The third kappa shape index (κ3) is 6.51. The van der Waals surface area contributed by atoms with Gasteiger partial charge in [-0.1, -0.05) is 23.4 Å². The Bertz CT molecular complexity index is 1560. The van der Waals surface area contributed by atoms with Gasteiger partial charge in [-0.15, -0.1) is 0 Å². The average Bonchev–Trinajstić information content (AvgIpc) is 2.84. The van der Waals surface area contributed by atoms with Gasteiger partial charge < -0.3 is 10.2 Å².